The number of epoxide rings is 1. The fraction of sp³-hybridized carbons (Fsp3) is 0.464. The highest BCUT2D eigenvalue weighted by atomic mass is 16.6. The van der Waals surface area contributed by atoms with Gasteiger partial charge >= 0.3 is 0 Å². The molecule has 1 saturated heterocycles. The van der Waals surface area contributed by atoms with Crippen molar-refractivity contribution < 1.29 is 29.0 Å². The van der Waals surface area contributed by atoms with E-state index in [2.05, 4.69) is 5.32 Å². The van der Waals surface area contributed by atoms with Crippen LogP contribution in [0.2, 0.25) is 0 Å². The monoisotopic (exact) mass is 481 g/mol. The molecule has 0 unspecified atom stereocenters. The summed E-state index contributed by atoms with van der Waals surface area (Å²) >= 11 is 0. The van der Waals surface area contributed by atoms with Crippen LogP contribution in [0.5, 0.6) is 5.75 Å². The zero-order valence-corrected chi connectivity index (χ0v) is 20.8. The lowest BCUT2D eigenvalue weighted by Crippen LogP contribution is -2.49. The Morgan fingerprint density at radius 3 is 2.17 bits per heavy atom. The highest BCUT2D eigenvalue weighted by Crippen LogP contribution is 2.29. The topological polar surface area (TPSA) is 105 Å². The van der Waals surface area contributed by atoms with Crippen LogP contribution in [0.15, 0.2) is 54.6 Å². The maximum absolute atomic E-state index is 13.5. The van der Waals surface area contributed by atoms with Crippen molar-refractivity contribution in [1.82, 2.24) is 5.32 Å². The maximum atomic E-state index is 13.5. The summed E-state index contributed by atoms with van der Waals surface area (Å²) in [4.78, 5) is 39.5. The number of aliphatic hydroxyl groups excluding tert-OH is 1. The number of nitrogens with one attached hydrogen (secondary N) is 1. The number of aliphatic hydroxyl groups is 1. The van der Waals surface area contributed by atoms with Crippen LogP contribution in [-0.4, -0.2) is 54.0 Å². The normalized spacial score (nSPS) is 20.3. The summed E-state index contributed by atoms with van der Waals surface area (Å²) in [6, 6.07) is 16.0. The molecule has 7 nitrogen and oxygen atoms in total. The van der Waals surface area contributed by atoms with E-state index in [1.54, 1.807) is 40.0 Å². The third kappa shape index (κ3) is 7.23. The minimum absolute atomic E-state index is 0.0378. The number of rotatable bonds is 13. The molecule has 188 valence electrons. The van der Waals surface area contributed by atoms with E-state index in [4.69, 9.17) is 9.47 Å². The Bertz CT molecular complexity index is 1010. The Morgan fingerprint density at radius 1 is 1.03 bits per heavy atom. The first-order chi connectivity index (χ1) is 16.6. The highest BCUT2D eigenvalue weighted by molar-refractivity contribution is 5.97. The Labute approximate surface area is 206 Å². The molecule has 1 amide bonds. The molecule has 0 aromatic heterocycles. The van der Waals surface area contributed by atoms with Gasteiger partial charge in [0.2, 0.25) is 5.91 Å². The fourth-order valence-corrected chi connectivity index (χ4v) is 3.97. The Balaban J connectivity index is 1.81. The second kappa shape index (κ2) is 11.6. The number of ketones is 2. The van der Waals surface area contributed by atoms with Gasteiger partial charge in [-0.3, -0.25) is 14.4 Å². The number of ether oxygens (including phenoxy) is 2. The van der Waals surface area contributed by atoms with Crippen molar-refractivity contribution >= 4 is 17.5 Å². The summed E-state index contributed by atoms with van der Waals surface area (Å²) in [5, 5.41) is 12.8. The van der Waals surface area contributed by atoms with E-state index in [9.17, 15) is 19.5 Å². The van der Waals surface area contributed by atoms with Gasteiger partial charge in [-0.1, -0.05) is 49.4 Å². The summed E-state index contributed by atoms with van der Waals surface area (Å²) in [6.45, 7) is 5.27. The van der Waals surface area contributed by atoms with Gasteiger partial charge in [-0.15, -0.1) is 0 Å². The largest absolute Gasteiger partial charge is 0.497 e. The summed E-state index contributed by atoms with van der Waals surface area (Å²) in [6.07, 6.45) is -0.207. The quantitative estimate of drug-likeness (QED) is 0.426. The molecule has 3 rings (SSSR count). The first-order valence-electron chi connectivity index (χ1n) is 12.0. The summed E-state index contributed by atoms with van der Waals surface area (Å²) in [5.74, 6) is -1.35. The molecule has 1 aliphatic rings. The van der Waals surface area contributed by atoms with Gasteiger partial charge in [0.25, 0.3) is 0 Å². The minimum Gasteiger partial charge on any atom is -0.497 e. The Hall–Kier alpha value is -3.03. The molecule has 0 spiro atoms. The lowest BCUT2D eigenvalue weighted by molar-refractivity contribution is -0.135. The van der Waals surface area contributed by atoms with E-state index in [0.29, 0.717) is 25.2 Å². The van der Waals surface area contributed by atoms with Crippen molar-refractivity contribution in [3.8, 4) is 5.75 Å². The van der Waals surface area contributed by atoms with Crippen molar-refractivity contribution in [1.29, 1.82) is 0 Å². The van der Waals surface area contributed by atoms with E-state index in [-0.39, 0.29) is 23.9 Å². The van der Waals surface area contributed by atoms with Crippen LogP contribution in [-0.2, 0) is 32.0 Å². The zero-order chi connectivity index (χ0) is 25.6. The molecule has 0 aliphatic carbocycles. The predicted molar refractivity (Wildman–Crippen MR) is 132 cm³/mol. The molecule has 0 radical (unpaired) electrons. The van der Waals surface area contributed by atoms with Gasteiger partial charge in [0.15, 0.2) is 5.78 Å². The van der Waals surface area contributed by atoms with Gasteiger partial charge in [-0.2, -0.15) is 0 Å². The molecule has 0 saturated carbocycles. The third-order valence-corrected chi connectivity index (χ3v) is 6.71. The van der Waals surface area contributed by atoms with Crippen LogP contribution >= 0.6 is 0 Å². The average molecular weight is 482 g/mol. The summed E-state index contributed by atoms with van der Waals surface area (Å²) in [5.41, 5.74) is 0.891. The molecule has 5 atom stereocenters. The van der Waals surface area contributed by atoms with Crippen LogP contribution in [0.25, 0.3) is 0 Å². The molecule has 0 bridgehead atoms. The van der Waals surface area contributed by atoms with E-state index in [1.807, 2.05) is 42.5 Å². The van der Waals surface area contributed by atoms with Gasteiger partial charge in [0, 0.05) is 18.3 Å². The molecule has 35 heavy (non-hydrogen) atoms. The molecule has 2 aromatic carbocycles. The van der Waals surface area contributed by atoms with Gasteiger partial charge in [-0.25, -0.2) is 0 Å². The molecule has 2 N–H and O–H groups in total. The van der Waals surface area contributed by atoms with E-state index >= 15 is 0 Å². The number of amides is 1. The van der Waals surface area contributed by atoms with Crippen LogP contribution in [0.1, 0.15) is 38.3 Å². The van der Waals surface area contributed by atoms with Crippen molar-refractivity contribution in [2.75, 3.05) is 13.7 Å². The minimum atomic E-state index is -0.894. The number of carbonyl (C=O) groups excluding carboxylic acids is 3. The van der Waals surface area contributed by atoms with E-state index < -0.39 is 29.6 Å². The first-order valence-corrected chi connectivity index (χ1v) is 12.0. The van der Waals surface area contributed by atoms with Crippen LogP contribution in [0.3, 0.4) is 0 Å². The average Bonchev–Trinajstić information content (AvgIpc) is 3.61. The SMILES string of the molecule is COc1ccc(C[C@H](CC(=O)[C@@H](C)[C@H](C)O)C(=O)N[C@@H](Cc2ccccc2)C(=O)[C@@]2(C)CO2)cc1. The standard InChI is InChI=1S/C28H35NO6/c1-18(19(2)30)25(31)16-22(14-21-10-12-23(34-4)13-11-21)27(33)29-24(26(32)28(3)17-35-28)15-20-8-6-5-7-9-20/h5-13,18-19,22,24,30H,14-17H2,1-4H3,(H,29,33)/t18-,19-,22+,24-,28+/m0/s1. The summed E-state index contributed by atoms with van der Waals surface area (Å²) < 4.78 is 10.6. The predicted octanol–water partition coefficient (Wildman–Crippen LogP) is 2.92. The molecule has 1 aliphatic heterocycles. The number of carbonyl (C=O) groups is 3. The van der Waals surface area contributed by atoms with Crippen molar-refractivity contribution in [3.63, 3.8) is 0 Å². The van der Waals surface area contributed by atoms with Crippen molar-refractivity contribution in [2.24, 2.45) is 11.8 Å². The Kier molecular flexibility index (Phi) is 8.81. The highest BCUT2D eigenvalue weighted by Gasteiger charge is 2.50. The zero-order valence-electron chi connectivity index (χ0n) is 20.8. The molecule has 2 aromatic rings. The Morgan fingerprint density at radius 2 is 1.63 bits per heavy atom. The molecule has 1 fully saturated rings. The molecule has 1 heterocycles. The smallest absolute Gasteiger partial charge is 0.224 e. The van der Waals surface area contributed by atoms with Crippen molar-refractivity contribution in [2.45, 2.75) is 57.8 Å². The molecule has 7 heteroatoms. The van der Waals surface area contributed by atoms with Crippen molar-refractivity contribution in [3.05, 3.63) is 65.7 Å². The first kappa shape index (κ1) is 26.6. The number of benzene rings is 2. The van der Waals surface area contributed by atoms with Crippen LogP contribution in [0.4, 0.5) is 0 Å². The number of hydrogen-bond donors (Lipinski definition) is 2. The van der Waals surface area contributed by atoms with E-state index in [0.717, 1.165) is 11.1 Å². The number of Topliss-reactive ketones (excluding diaryl/α,β-unsaturated/α-hetero) is 2. The third-order valence-electron chi connectivity index (χ3n) is 6.71. The molecular weight excluding hydrogens is 446 g/mol. The van der Waals surface area contributed by atoms with Gasteiger partial charge in [-0.05, 0) is 49.9 Å². The maximum Gasteiger partial charge on any atom is 0.224 e. The second-order valence-corrected chi connectivity index (χ2v) is 9.58. The number of methoxy groups -OCH3 is 1. The lowest BCUT2D eigenvalue weighted by atomic mass is 9.87. The second-order valence-electron chi connectivity index (χ2n) is 9.58. The van der Waals surface area contributed by atoms with Gasteiger partial charge < -0.3 is 19.9 Å². The van der Waals surface area contributed by atoms with E-state index in [1.165, 1.54) is 0 Å². The van der Waals surface area contributed by atoms with Crippen LogP contribution < -0.4 is 10.1 Å². The fourth-order valence-electron chi connectivity index (χ4n) is 3.97. The molecular formula is C28H35NO6. The van der Waals surface area contributed by atoms with Gasteiger partial charge in [0.05, 0.1) is 25.9 Å². The summed E-state index contributed by atoms with van der Waals surface area (Å²) in [7, 11) is 1.58. The lowest BCUT2D eigenvalue weighted by Gasteiger charge is -2.24. The van der Waals surface area contributed by atoms with Gasteiger partial charge in [0.1, 0.15) is 17.1 Å². The number of hydrogen-bond acceptors (Lipinski definition) is 6. The van der Waals surface area contributed by atoms with Crippen LogP contribution in [0, 0.1) is 11.8 Å².